The predicted octanol–water partition coefficient (Wildman–Crippen LogP) is 3.81. The molecule has 33 heavy (non-hydrogen) atoms. The summed E-state index contributed by atoms with van der Waals surface area (Å²) in [4.78, 5) is 31.2. The lowest BCUT2D eigenvalue weighted by Crippen LogP contribution is -2.39. The molecule has 3 N–H and O–H groups in total. The van der Waals surface area contributed by atoms with Crippen LogP contribution < -0.4 is 20.7 Å². The van der Waals surface area contributed by atoms with Crippen LogP contribution in [0.3, 0.4) is 0 Å². The molecule has 168 valence electrons. The molecule has 2 aromatic carbocycles. The van der Waals surface area contributed by atoms with Gasteiger partial charge in [-0.15, -0.1) is 0 Å². The Bertz CT molecular complexity index is 1200. The van der Waals surface area contributed by atoms with E-state index in [2.05, 4.69) is 22.1 Å². The lowest BCUT2D eigenvalue weighted by molar-refractivity contribution is -0.115. The number of thiazole rings is 1. The maximum absolute atomic E-state index is 12.2. The van der Waals surface area contributed by atoms with E-state index in [1.165, 1.54) is 11.3 Å². The van der Waals surface area contributed by atoms with E-state index < -0.39 is 5.91 Å². The number of primary amides is 1. The van der Waals surface area contributed by atoms with E-state index in [1.807, 2.05) is 54.6 Å². The van der Waals surface area contributed by atoms with Crippen LogP contribution in [0.2, 0.25) is 0 Å². The van der Waals surface area contributed by atoms with Crippen molar-refractivity contribution in [3.63, 3.8) is 0 Å². The van der Waals surface area contributed by atoms with E-state index >= 15 is 0 Å². The van der Waals surface area contributed by atoms with Crippen molar-refractivity contribution in [1.82, 2.24) is 10.3 Å². The fraction of sp³-hybridized carbons (Fsp3) is 0.240. The Morgan fingerprint density at radius 2 is 1.91 bits per heavy atom. The number of ether oxygens (including phenoxy) is 1. The summed E-state index contributed by atoms with van der Waals surface area (Å²) in [5.41, 5.74) is 7.02. The zero-order chi connectivity index (χ0) is 23.2. The van der Waals surface area contributed by atoms with Crippen molar-refractivity contribution in [3.8, 4) is 34.6 Å². The first-order valence-corrected chi connectivity index (χ1v) is 11.5. The number of nitrogens with zero attached hydrogens (tertiary/aromatic N) is 2. The van der Waals surface area contributed by atoms with Gasteiger partial charge in [-0.05, 0) is 62.1 Å². The molecule has 2 heterocycles. The van der Waals surface area contributed by atoms with Gasteiger partial charge >= 0.3 is 0 Å². The van der Waals surface area contributed by atoms with E-state index in [9.17, 15) is 9.59 Å². The molecular formula is C25H24N4O3S. The highest BCUT2D eigenvalue weighted by molar-refractivity contribution is 7.18. The minimum absolute atomic E-state index is 0.0916. The third-order valence-corrected chi connectivity index (χ3v) is 6.41. The van der Waals surface area contributed by atoms with Gasteiger partial charge in [-0.2, -0.15) is 0 Å². The van der Waals surface area contributed by atoms with Crippen LogP contribution in [0.15, 0.2) is 54.6 Å². The third-order valence-electron chi connectivity index (χ3n) is 5.31. The van der Waals surface area contributed by atoms with E-state index in [4.69, 9.17) is 15.5 Å². The second kappa shape index (κ2) is 10.2. The Kier molecular flexibility index (Phi) is 6.91. The van der Waals surface area contributed by atoms with Crippen LogP contribution in [0, 0.1) is 11.8 Å². The summed E-state index contributed by atoms with van der Waals surface area (Å²) in [6.45, 7) is 2.90. The molecule has 1 atom stereocenters. The number of anilines is 1. The van der Waals surface area contributed by atoms with Crippen LogP contribution in [0.4, 0.5) is 5.13 Å². The zero-order valence-electron chi connectivity index (χ0n) is 18.2. The molecule has 1 aliphatic heterocycles. The van der Waals surface area contributed by atoms with Crippen molar-refractivity contribution in [1.29, 1.82) is 0 Å². The molecule has 1 aliphatic rings. The summed E-state index contributed by atoms with van der Waals surface area (Å²) >= 11 is 1.28. The Labute approximate surface area is 196 Å². The fourth-order valence-electron chi connectivity index (χ4n) is 3.77. The van der Waals surface area contributed by atoms with Crippen molar-refractivity contribution >= 4 is 28.3 Å². The Hall–Kier alpha value is -3.83. The minimum atomic E-state index is -0.513. The number of rotatable bonds is 7. The number of carbonyl (C=O) groups excluding carboxylic acids is 2. The van der Waals surface area contributed by atoms with Gasteiger partial charge in [0, 0.05) is 24.7 Å². The highest BCUT2D eigenvalue weighted by atomic mass is 32.1. The lowest BCUT2D eigenvalue weighted by Gasteiger charge is -2.23. The molecule has 1 aromatic heterocycles. The summed E-state index contributed by atoms with van der Waals surface area (Å²) in [7, 11) is 0. The number of amides is 2. The quantitative estimate of drug-likeness (QED) is 0.523. The molecule has 0 bridgehead atoms. The Balaban J connectivity index is 1.54. The van der Waals surface area contributed by atoms with E-state index in [0.29, 0.717) is 22.9 Å². The molecule has 2 amide bonds. The fourth-order valence-corrected chi connectivity index (χ4v) is 4.81. The summed E-state index contributed by atoms with van der Waals surface area (Å²) in [5, 5.41) is 3.57. The molecule has 1 saturated heterocycles. The molecule has 0 radical (unpaired) electrons. The maximum atomic E-state index is 12.2. The van der Waals surface area contributed by atoms with E-state index in [0.717, 1.165) is 35.8 Å². The number of benzene rings is 2. The average molecular weight is 461 g/mol. The first-order valence-electron chi connectivity index (χ1n) is 10.7. The van der Waals surface area contributed by atoms with Gasteiger partial charge in [0.2, 0.25) is 0 Å². The molecule has 0 unspecified atom stereocenters. The van der Waals surface area contributed by atoms with Crippen molar-refractivity contribution < 1.29 is 14.3 Å². The second-order valence-corrected chi connectivity index (χ2v) is 8.53. The first kappa shape index (κ1) is 22.4. The summed E-state index contributed by atoms with van der Waals surface area (Å²) in [5.74, 6) is 5.72. The Morgan fingerprint density at radius 3 is 2.61 bits per heavy atom. The standard InChI is InChI=1S/C25H24N4O3S/c1-2-7-21(30)27-16-18-8-6-15-29(18)25-28-22(23(33-25)24(26)31)17-11-13-20(14-12-17)32-19-9-4-3-5-10-19/h3-5,9-14,18H,6,8,15-16H2,1H3,(H2,26,31)(H,27,30)/t18-/m0/s1. The second-order valence-electron chi connectivity index (χ2n) is 7.55. The topological polar surface area (TPSA) is 97.6 Å². The Morgan fingerprint density at radius 1 is 1.18 bits per heavy atom. The monoisotopic (exact) mass is 460 g/mol. The maximum Gasteiger partial charge on any atom is 0.295 e. The van der Waals surface area contributed by atoms with Crippen LogP contribution in [0.25, 0.3) is 11.3 Å². The highest BCUT2D eigenvalue weighted by Gasteiger charge is 2.29. The van der Waals surface area contributed by atoms with Gasteiger partial charge in [0.1, 0.15) is 16.4 Å². The molecule has 0 spiro atoms. The number of hydrogen-bond donors (Lipinski definition) is 2. The van der Waals surface area contributed by atoms with Crippen LogP contribution >= 0.6 is 11.3 Å². The van der Waals surface area contributed by atoms with Crippen molar-refractivity contribution in [2.75, 3.05) is 18.0 Å². The van der Waals surface area contributed by atoms with Gasteiger partial charge in [-0.1, -0.05) is 35.5 Å². The van der Waals surface area contributed by atoms with Gasteiger partial charge in [-0.3, -0.25) is 9.59 Å². The molecule has 4 rings (SSSR count). The lowest BCUT2D eigenvalue weighted by atomic mass is 10.1. The number of para-hydroxylation sites is 1. The van der Waals surface area contributed by atoms with Crippen LogP contribution in [0.1, 0.15) is 29.4 Å². The highest BCUT2D eigenvalue weighted by Crippen LogP contribution is 2.36. The number of hydrogen-bond acceptors (Lipinski definition) is 6. The molecule has 0 saturated carbocycles. The molecule has 3 aromatic rings. The van der Waals surface area contributed by atoms with Gasteiger partial charge in [-0.25, -0.2) is 4.98 Å². The first-order chi connectivity index (χ1) is 16.0. The number of nitrogens with two attached hydrogens (primary N) is 1. The third kappa shape index (κ3) is 5.33. The average Bonchev–Trinajstić information content (AvgIpc) is 3.46. The van der Waals surface area contributed by atoms with E-state index in [-0.39, 0.29) is 11.9 Å². The summed E-state index contributed by atoms with van der Waals surface area (Å²) in [6, 6.07) is 17.0. The van der Waals surface area contributed by atoms with Gasteiger partial charge in [0.25, 0.3) is 11.8 Å². The minimum Gasteiger partial charge on any atom is -0.457 e. The molecule has 1 fully saturated rings. The molecule has 7 nitrogen and oxygen atoms in total. The smallest absolute Gasteiger partial charge is 0.295 e. The molecule has 0 aliphatic carbocycles. The number of carbonyl (C=O) groups is 2. The summed E-state index contributed by atoms with van der Waals surface area (Å²) < 4.78 is 5.85. The largest absolute Gasteiger partial charge is 0.457 e. The number of nitrogens with one attached hydrogen (secondary N) is 1. The number of aromatic nitrogens is 1. The summed E-state index contributed by atoms with van der Waals surface area (Å²) in [6.07, 6.45) is 1.90. The van der Waals surface area contributed by atoms with Crippen molar-refractivity contribution in [2.45, 2.75) is 25.8 Å². The molecule has 8 heteroatoms. The zero-order valence-corrected chi connectivity index (χ0v) is 19.0. The van der Waals surface area contributed by atoms with Crippen LogP contribution in [-0.2, 0) is 4.79 Å². The van der Waals surface area contributed by atoms with Crippen molar-refractivity contribution in [3.05, 3.63) is 59.5 Å². The predicted molar refractivity (Wildman–Crippen MR) is 129 cm³/mol. The normalized spacial score (nSPS) is 14.9. The molecular weight excluding hydrogens is 436 g/mol. The van der Waals surface area contributed by atoms with Crippen LogP contribution in [0.5, 0.6) is 11.5 Å². The van der Waals surface area contributed by atoms with Gasteiger partial charge in [0.15, 0.2) is 5.13 Å². The van der Waals surface area contributed by atoms with Gasteiger partial charge < -0.3 is 20.7 Å². The SMILES string of the molecule is CC#CC(=O)NC[C@@H]1CCCN1c1nc(-c2ccc(Oc3ccccc3)cc2)c(C(N)=O)s1. The van der Waals surface area contributed by atoms with Crippen molar-refractivity contribution in [2.24, 2.45) is 5.73 Å². The van der Waals surface area contributed by atoms with E-state index in [1.54, 1.807) is 6.92 Å². The van der Waals surface area contributed by atoms with Gasteiger partial charge in [0.05, 0.1) is 5.69 Å². The van der Waals surface area contributed by atoms with Crippen LogP contribution in [-0.4, -0.2) is 35.9 Å².